The summed E-state index contributed by atoms with van der Waals surface area (Å²) in [5.41, 5.74) is 3.40. The number of nitrogens with one attached hydrogen (secondary N) is 1. The number of carbonyl (C=O) groups excluding carboxylic acids is 3. The third-order valence-corrected chi connectivity index (χ3v) is 4.42. The number of cyclic esters (lactones) is 1. The van der Waals surface area contributed by atoms with Gasteiger partial charge in [0.25, 0.3) is 5.69 Å². The molecular formula is C20H19N3O8. The fraction of sp³-hybridized carbons (Fsp3) is 0.250. The first kappa shape index (κ1) is 21.6. The van der Waals surface area contributed by atoms with Crippen LogP contribution in [0.15, 0.2) is 54.6 Å². The Hall–Kier alpha value is -4.15. The number of non-ortho nitro benzene ring substituents is 1. The van der Waals surface area contributed by atoms with Crippen molar-refractivity contribution in [2.75, 3.05) is 12.2 Å². The number of nitrogens with zero attached hydrogens (tertiary/aromatic N) is 2. The second-order valence-electron chi connectivity index (χ2n) is 6.54. The van der Waals surface area contributed by atoms with E-state index in [4.69, 9.17) is 14.3 Å². The molecule has 11 nitrogen and oxygen atoms in total. The van der Waals surface area contributed by atoms with E-state index >= 15 is 0 Å². The van der Waals surface area contributed by atoms with Gasteiger partial charge in [-0.2, -0.15) is 0 Å². The van der Waals surface area contributed by atoms with Crippen LogP contribution in [0.5, 0.6) is 0 Å². The average Bonchev–Trinajstić information content (AvgIpc) is 3.16. The van der Waals surface area contributed by atoms with Gasteiger partial charge in [-0.1, -0.05) is 30.3 Å². The predicted octanol–water partition coefficient (Wildman–Crippen LogP) is 2.77. The van der Waals surface area contributed by atoms with Crippen LogP contribution in [0.1, 0.15) is 18.4 Å². The Morgan fingerprint density at radius 1 is 1.16 bits per heavy atom. The third kappa shape index (κ3) is 5.92. The minimum atomic E-state index is -0.963. The van der Waals surface area contributed by atoms with Gasteiger partial charge in [0.1, 0.15) is 12.6 Å². The summed E-state index contributed by atoms with van der Waals surface area (Å²) in [6.07, 6.45) is -0.917. The van der Waals surface area contributed by atoms with Gasteiger partial charge in [-0.15, -0.1) is 0 Å². The van der Waals surface area contributed by atoms with Crippen LogP contribution < -0.4 is 5.48 Å². The maximum Gasteiger partial charge on any atom is 0.413 e. The molecule has 11 heteroatoms. The minimum absolute atomic E-state index is 0.0138. The fourth-order valence-corrected chi connectivity index (χ4v) is 2.78. The topological polar surface area (TPSA) is 137 Å². The summed E-state index contributed by atoms with van der Waals surface area (Å²) in [5, 5.41) is 10.6. The third-order valence-electron chi connectivity index (χ3n) is 4.42. The summed E-state index contributed by atoms with van der Waals surface area (Å²) in [6.45, 7) is -0.217. The van der Waals surface area contributed by atoms with Crippen molar-refractivity contribution >= 4 is 29.4 Å². The lowest BCUT2D eigenvalue weighted by Gasteiger charge is -2.19. The monoisotopic (exact) mass is 429 g/mol. The standard InChI is InChI=1S/C20H19N3O8/c24-18(31-21-15-6-8-16(9-7-15)23(27)28)11-10-17-19(25)30-13-22(17)20(26)29-12-14-4-2-1-3-5-14/h1-9,17,21H,10-13H2. The van der Waals surface area contributed by atoms with E-state index in [-0.39, 0.29) is 31.9 Å². The van der Waals surface area contributed by atoms with Gasteiger partial charge < -0.3 is 14.3 Å². The molecule has 0 aliphatic carbocycles. The van der Waals surface area contributed by atoms with E-state index in [0.29, 0.717) is 5.69 Å². The largest absolute Gasteiger partial charge is 0.444 e. The second-order valence-corrected chi connectivity index (χ2v) is 6.54. The van der Waals surface area contributed by atoms with Gasteiger partial charge in [-0.05, 0) is 24.1 Å². The molecule has 1 unspecified atom stereocenters. The molecule has 1 N–H and O–H groups in total. The van der Waals surface area contributed by atoms with Crippen LogP contribution in [0.4, 0.5) is 16.2 Å². The highest BCUT2D eigenvalue weighted by molar-refractivity contribution is 5.84. The lowest BCUT2D eigenvalue weighted by molar-refractivity contribution is -0.384. The number of nitro groups is 1. The molecule has 3 rings (SSSR count). The SMILES string of the molecule is O=C(CCC1C(=O)OCN1C(=O)OCc1ccccc1)ONc1ccc([N+](=O)[O-])cc1. The molecule has 2 aromatic rings. The lowest BCUT2D eigenvalue weighted by Crippen LogP contribution is -2.38. The van der Waals surface area contributed by atoms with Crippen LogP contribution in [0, 0.1) is 10.1 Å². The van der Waals surface area contributed by atoms with Crippen molar-refractivity contribution in [2.24, 2.45) is 0 Å². The molecule has 0 aromatic heterocycles. The van der Waals surface area contributed by atoms with E-state index in [1.165, 1.54) is 24.3 Å². The van der Waals surface area contributed by atoms with E-state index < -0.39 is 29.0 Å². The number of ether oxygens (including phenoxy) is 2. The Morgan fingerprint density at radius 3 is 2.55 bits per heavy atom. The smallest absolute Gasteiger partial charge is 0.413 e. The van der Waals surface area contributed by atoms with Crippen LogP contribution in [-0.4, -0.2) is 40.6 Å². The Balaban J connectivity index is 1.45. The lowest BCUT2D eigenvalue weighted by atomic mass is 10.1. The van der Waals surface area contributed by atoms with E-state index in [9.17, 15) is 24.5 Å². The summed E-state index contributed by atoms with van der Waals surface area (Å²) in [4.78, 5) is 52.3. The number of nitro benzene ring substituents is 1. The van der Waals surface area contributed by atoms with Crippen molar-refractivity contribution in [3.63, 3.8) is 0 Å². The molecule has 1 atom stereocenters. The van der Waals surface area contributed by atoms with Gasteiger partial charge in [-0.3, -0.25) is 15.0 Å². The Bertz CT molecular complexity index is 949. The van der Waals surface area contributed by atoms with E-state index in [0.717, 1.165) is 10.5 Å². The molecule has 1 saturated heterocycles. The van der Waals surface area contributed by atoms with Gasteiger partial charge in [0.15, 0.2) is 6.73 Å². The van der Waals surface area contributed by atoms with Crippen LogP contribution in [0.3, 0.4) is 0 Å². The summed E-state index contributed by atoms with van der Waals surface area (Å²) >= 11 is 0. The highest BCUT2D eigenvalue weighted by atomic mass is 16.7. The van der Waals surface area contributed by atoms with Gasteiger partial charge >= 0.3 is 18.0 Å². The van der Waals surface area contributed by atoms with Gasteiger partial charge in [-0.25, -0.2) is 19.9 Å². The number of esters is 1. The quantitative estimate of drug-likeness (QED) is 0.290. The van der Waals surface area contributed by atoms with Crippen LogP contribution in [0.2, 0.25) is 0 Å². The van der Waals surface area contributed by atoms with Crippen molar-refractivity contribution in [1.29, 1.82) is 0 Å². The van der Waals surface area contributed by atoms with Crippen LogP contribution in [-0.2, 0) is 30.5 Å². The van der Waals surface area contributed by atoms with Gasteiger partial charge in [0.05, 0.1) is 17.0 Å². The number of anilines is 1. The molecule has 1 amide bonds. The number of carbonyl (C=O) groups is 3. The normalized spacial score (nSPS) is 15.2. The molecule has 0 radical (unpaired) electrons. The Morgan fingerprint density at radius 2 is 1.87 bits per heavy atom. The summed E-state index contributed by atoms with van der Waals surface area (Å²) in [5.74, 6) is -1.32. The van der Waals surface area contributed by atoms with Crippen molar-refractivity contribution < 1.29 is 33.6 Å². The molecule has 0 bridgehead atoms. The molecule has 1 aliphatic rings. The predicted molar refractivity (Wildman–Crippen MR) is 105 cm³/mol. The van der Waals surface area contributed by atoms with Gasteiger partial charge in [0.2, 0.25) is 0 Å². The molecule has 0 saturated carbocycles. The first-order valence-corrected chi connectivity index (χ1v) is 9.28. The van der Waals surface area contributed by atoms with Crippen LogP contribution >= 0.6 is 0 Å². The number of hydrogen-bond donors (Lipinski definition) is 1. The van der Waals surface area contributed by atoms with Crippen molar-refractivity contribution in [2.45, 2.75) is 25.5 Å². The number of rotatable bonds is 8. The molecule has 1 heterocycles. The molecule has 1 aliphatic heterocycles. The maximum atomic E-state index is 12.3. The fourth-order valence-electron chi connectivity index (χ4n) is 2.78. The van der Waals surface area contributed by atoms with Crippen molar-refractivity contribution in [1.82, 2.24) is 4.90 Å². The first-order chi connectivity index (χ1) is 14.9. The summed E-state index contributed by atoms with van der Waals surface area (Å²) in [6, 6.07) is 13.4. The van der Waals surface area contributed by atoms with E-state index in [1.54, 1.807) is 12.1 Å². The van der Waals surface area contributed by atoms with E-state index in [2.05, 4.69) is 5.48 Å². The zero-order valence-electron chi connectivity index (χ0n) is 16.3. The molecule has 0 spiro atoms. The van der Waals surface area contributed by atoms with Crippen LogP contribution in [0.25, 0.3) is 0 Å². The van der Waals surface area contributed by atoms with E-state index in [1.807, 2.05) is 18.2 Å². The average molecular weight is 429 g/mol. The molecule has 2 aromatic carbocycles. The summed E-state index contributed by atoms with van der Waals surface area (Å²) in [7, 11) is 0. The zero-order valence-corrected chi connectivity index (χ0v) is 16.3. The molecule has 31 heavy (non-hydrogen) atoms. The highest BCUT2D eigenvalue weighted by Gasteiger charge is 2.39. The maximum absolute atomic E-state index is 12.3. The number of hydrogen-bond acceptors (Lipinski definition) is 9. The first-order valence-electron chi connectivity index (χ1n) is 9.28. The summed E-state index contributed by atoms with van der Waals surface area (Å²) < 4.78 is 10.1. The molecule has 1 fully saturated rings. The Labute approximate surface area is 176 Å². The second kappa shape index (κ2) is 10.1. The minimum Gasteiger partial charge on any atom is -0.444 e. The van der Waals surface area contributed by atoms with Crippen molar-refractivity contribution in [3.8, 4) is 0 Å². The molecular weight excluding hydrogens is 410 g/mol. The zero-order chi connectivity index (χ0) is 22.2. The van der Waals surface area contributed by atoms with Crippen molar-refractivity contribution in [3.05, 3.63) is 70.3 Å². The van der Waals surface area contributed by atoms with Gasteiger partial charge in [0, 0.05) is 12.1 Å². The number of benzene rings is 2. The number of amides is 1. The highest BCUT2D eigenvalue weighted by Crippen LogP contribution is 2.19. The Kier molecular flexibility index (Phi) is 6.99. The molecule has 162 valence electrons.